The van der Waals surface area contributed by atoms with Crippen LogP contribution in [0.1, 0.15) is 35.6 Å². The zero-order valence-corrected chi connectivity index (χ0v) is 11.9. The van der Waals surface area contributed by atoms with Gasteiger partial charge in [-0.25, -0.2) is 4.98 Å². The molecule has 1 aliphatic rings. The first-order valence-electron chi connectivity index (χ1n) is 6.74. The minimum absolute atomic E-state index is 0.0862. The predicted molar refractivity (Wildman–Crippen MR) is 82.9 cm³/mol. The summed E-state index contributed by atoms with van der Waals surface area (Å²) in [5, 5.41) is 0. The van der Waals surface area contributed by atoms with Crippen LogP contribution in [0.3, 0.4) is 0 Å². The van der Waals surface area contributed by atoms with Crippen molar-refractivity contribution in [3.8, 4) is 5.88 Å². The van der Waals surface area contributed by atoms with Crippen LogP contribution in [0.25, 0.3) is 0 Å². The standard InChI is InChI=1S/C16H16N2OS/c17-16(20)12-8-9-15(18-10-12)19-14-7-3-5-11-4-1-2-6-13(11)14/h1-2,4,6,8-10,14H,3,5,7H2,(H2,17,20). The first-order valence-corrected chi connectivity index (χ1v) is 7.15. The predicted octanol–water partition coefficient (Wildman–Crippen LogP) is 3.17. The topological polar surface area (TPSA) is 48.1 Å². The molecule has 1 aromatic heterocycles. The van der Waals surface area contributed by atoms with Crippen LogP contribution in [0.5, 0.6) is 5.88 Å². The van der Waals surface area contributed by atoms with Crippen LogP contribution in [0.2, 0.25) is 0 Å². The van der Waals surface area contributed by atoms with Gasteiger partial charge in [0.15, 0.2) is 0 Å². The van der Waals surface area contributed by atoms with Gasteiger partial charge in [0.25, 0.3) is 0 Å². The van der Waals surface area contributed by atoms with Gasteiger partial charge in [-0.05, 0) is 36.5 Å². The maximum atomic E-state index is 6.02. The smallest absolute Gasteiger partial charge is 0.213 e. The number of aryl methyl sites for hydroxylation is 1. The van der Waals surface area contributed by atoms with Gasteiger partial charge in [-0.3, -0.25) is 0 Å². The van der Waals surface area contributed by atoms with Gasteiger partial charge in [0.2, 0.25) is 5.88 Å². The van der Waals surface area contributed by atoms with Gasteiger partial charge >= 0.3 is 0 Å². The zero-order valence-electron chi connectivity index (χ0n) is 11.1. The number of ether oxygens (including phenoxy) is 1. The highest BCUT2D eigenvalue weighted by Crippen LogP contribution is 2.32. The molecule has 3 nitrogen and oxygen atoms in total. The molecule has 1 unspecified atom stereocenters. The number of aromatic nitrogens is 1. The van der Waals surface area contributed by atoms with Crippen molar-refractivity contribution >= 4 is 17.2 Å². The van der Waals surface area contributed by atoms with E-state index in [1.807, 2.05) is 12.1 Å². The Morgan fingerprint density at radius 1 is 1.25 bits per heavy atom. The van der Waals surface area contributed by atoms with E-state index in [0.717, 1.165) is 24.8 Å². The van der Waals surface area contributed by atoms with E-state index in [4.69, 9.17) is 22.7 Å². The molecular formula is C16H16N2OS. The van der Waals surface area contributed by atoms with E-state index in [0.29, 0.717) is 10.9 Å². The highest BCUT2D eigenvalue weighted by molar-refractivity contribution is 7.80. The quantitative estimate of drug-likeness (QED) is 0.879. The Bertz CT molecular complexity index is 625. The van der Waals surface area contributed by atoms with Gasteiger partial charge in [0.1, 0.15) is 11.1 Å². The Balaban J connectivity index is 1.80. The summed E-state index contributed by atoms with van der Waals surface area (Å²) in [6.07, 6.45) is 5.04. The molecular weight excluding hydrogens is 268 g/mol. The van der Waals surface area contributed by atoms with Crippen LogP contribution in [-0.2, 0) is 6.42 Å². The molecule has 1 aromatic carbocycles. The molecule has 1 heterocycles. The summed E-state index contributed by atoms with van der Waals surface area (Å²) in [5.74, 6) is 0.617. The molecule has 3 rings (SSSR count). The molecule has 0 radical (unpaired) electrons. The third-order valence-electron chi connectivity index (χ3n) is 3.60. The number of nitrogens with two attached hydrogens (primary N) is 1. The van der Waals surface area contributed by atoms with Crippen molar-refractivity contribution in [2.45, 2.75) is 25.4 Å². The summed E-state index contributed by atoms with van der Waals surface area (Å²) >= 11 is 4.92. The molecule has 0 saturated heterocycles. The molecule has 0 spiro atoms. The Hall–Kier alpha value is -1.94. The fourth-order valence-corrected chi connectivity index (χ4v) is 2.69. The Kier molecular flexibility index (Phi) is 3.65. The average Bonchev–Trinajstić information content (AvgIpc) is 2.48. The van der Waals surface area contributed by atoms with Gasteiger partial charge in [0, 0.05) is 17.8 Å². The SMILES string of the molecule is NC(=S)c1ccc(OC2CCCc3ccccc32)nc1. The maximum Gasteiger partial charge on any atom is 0.213 e. The van der Waals surface area contributed by atoms with Crippen LogP contribution in [-0.4, -0.2) is 9.97 Å². The zero-order chi connectivity index (χ0) is 13.9. The van der Waals surface area contributed by atoms with E-state index in [1.54, 1.807) is 6.20 Å². The highest BCUT2D eigenvalue weighted by Gasteiger charge is 2.21. The second-order valence-corrected chi connectivity index (χ2v) is 5.39. The number of rotatable bonds is 3. The fraction of sp³-hybridized carbons (Fsp3) is 0.250. The molecule has 102 valence electrons. The van der Waals surface area contributed by atoms with Gasteiger partial charge in [-0.1, -0.05) is 36.5 Å². The molecule has 1 aliphatic carbocycles. The molecule has 2 aromatic rings. The molecule has 0 fully saturated rings. The van der Waals surface area contributed by atoms with Crippen molar-refractivity contribution in [3.63, 3.8) is 0 Å². The minimum Gasteiger partial charge on any atom is -0.469 e. The average molecular weight is 284 g/mol. The van der Waals surface area contributed by atoms with Crippen molar-refractivity contribution in [2.24, 2.45) is 5.73 Å². The van der Waals surface area contributed by atoms with Crippen molar-refractivity contribution < 1.29 is 4.74 Å². The number of hydrogen-bond acceptors (Lipinski definition) is 3. The Morgan fingerprint density at radius 2 is 2.10 bits per heavy atom. The van der Waals surface area contributed by atoms with Crippen molar-refractivity contribution in [1.82, 2.24) is 4.98 Å². The molecule has 2 N–H and O–H groups in total. The third kappa shape index (κ3) is 2.65. The molecule has 20 heavy (non-hydrogen) atoms. The highest BCUT2D eigenvalue weighted by atomic mass is 32.1. The number of nitrogens with zero attached hydrogens (tertiary/aromatic N) is 1. The van der Waals surface area contributed by atoms with E-state index in [2.05, 4.69) is 29.2 Å². The summed E-state index contributed by atoms with van der Waals surface area (Å²) in [6, 6.07) is 12.1. The van der Waals surface area contributed by atoms with Crippen molar-refractivity contribution in [2.75, 3.05) is 0 Å². The lowest BCUT2D eigenvalue weighted by Gasteiger charge is -2.25. The van der Waals surface area contributed by atoms with E-state index in [-0.39, 0.29) is 6.10 Å². The molecule has 0 amide bonds. The minimum atomic E-state index is 0.0862. The van der Waals surface area contributed by atoms with Crippen LogP contribution < -0.4 is 10.5 Å². The Labute approximate surface area is 123 Å². The van der Waals surface area contributed by atoms with Crippen LogP contribution in [0.15, 0.2) is 42.6 Å². The summed E-state index contributed by atoms with van der Waals surface area (Å²) in [7, 11) is 0. The first kappa shape index (κ1) is 13.1. The van der Waals surface area contributed by atoms with Crippen LogP contribution in [0.4, 0.5) is 0 Å². The molecule has 0 aliphatic heterocycles. The summed E-state index contributed by atoms with van der Waals surface area (Å²) in [4.78, 5) is 4.63. The number of thiocarbonyl (C=S) groups is 1. The second-order valence-electron chi connectivity index (χ2n) is 4.95. The summed E-state index contributed by atoms with van der Waals surface area (Å²) < 4.78 is 6.02. The van der Waals surface area contributed by atoms with Crippen LogP contribution >= 0.6 is 12.2 Å². The fourth-order valence-electron chi connectivity index (χ4n) is 2.57. The number of fused-ring (bicyclic) bond motifs is 1. The van der Waals surface area contributed by atoms with Gasteiger partial charge < -0.3 is 10.5 Å². The third-order valence-corrected chi connectivity index (χ3v) is 3.83. The van der Waals surface area contributed by atoms with Gasteiger partial charge in [0.05, 0.1) is 0 Å². The van der Waals surface area contributed by atoms with Crippen molar-refractivity contribution in [3.05, 3.63) is 59.3 Å². The lowest BCUT2D eigenvalue weighted by atomic mass is 9.89. The largest absolute Gasteiger partial charge is 0.469 e. The van der Waals surface area contributed by atoms with E-state index in [9.17, 15) is 0 Å². The molecule has 0 bridgehead atoms. The number of pyridine rings is 1. The molecule has 1 atom stereocenters. The molecule has 4 heteroatoms. The van der Waals surface area contributed by atoms with E-state index < -0.39 is 0 Å². The molecule has 0 saturated carbocycles. The first-order chi connectivity index (χ1) is 9.74. The van der Waals surface area contributed by atoms with Gasteiger partial charge in [-0.15, -0.1) is 0 Å². The second kappa shape index (κ2) is 5.59. The van der Waals surface area contributed by atoms with E-state index >= 15 is 0 Å². The van der Waals surface area contributed by atoms with Crippen LogP contribution in [0, 0.1) is 0 Å². The monoisotopic (exact) mass is 284 g/mol. The number of benzene rings is 1. The number of hydrogen-bond donors (Lipinski definition) is 1. The summed E-state index contributed by atoms with van der Waals surface area (Å²) in [5.41, 5.74) is 8.98. The van der Waals surface area contributed by atoms with Gasteiger partial charge in [-0.2, -0.15) is 0 Å². The van der Waals surface area contributed by atoms with E-state index in [1.165, 1.54) is 11.1 Å². The Morgan fingerprint density at radius 3 is 2.85 bits per heavy atom. The maximum absolute atomic E-state index is 6.02. The lowest BCUT2D eigenvalue weighted by molar-refractivity contribution is 0.176. The van der Waals surface area contributed by atoms with Crippen molar-refractivity contribution in [1.29, 1.82) is 0 Å². The summed E-state index contributed by atoms with van der Waals surface area (Å²) in [6.45, 7) is 0. The lowest BCUT2D eigenvalue weighted by Crippen LogP contribution is -2.16. The normalized spacial score (nSPS) is 17.3.